The van der Waals surface area contributed by atoms with Gasteiger partial charge >= 0.3 is 5.97 Å². The van der Waals surface area contributed by atoms with E-state index in [0.29, 0.717) is 4.77 Å². The van der Waals surface area contributed by atoms with Gasteiger partial charge in [-0.15, -0.1) is 0 Å². The first-order valence-corrected chi connectivity index (χ1v) is 5.86. The SMILES string of the molecule is CCc1nc(=S)[nH]c2c1C(CC(=O)O)CC2. The first kappa shape index (κ1) is 11.3. The van der Waals surface area contributed by atoms with Crippen LogP contribution >= 0.6 is 12.2 Å². The molecule has 1 unspecified atom stereocenters. The molecule has 1 aromatic rings. The number of carboxylic acid groups (broad SMARTS) is 1. The second-order valence-electron chi connectivity index (χ2n) is 4.07. The molecule has 0 saturated heterocycles. The van der Waals surface area contributed by atoms with Crippen LogP contribution in [0.2, 0.25) is 0 Å². The van der Waals surface area contributed by atoms with Gasteiger partial charge in [-0.05, 0) is 43.0 Å². The van der Waals surface area contributed by atoms with E-state index in [1.54, 1.807) is 0 Å². The predicted octanol–water partition coefficient (Wildman–Crippen LogP) is 2.21. The third-order valence-electron chi connectivity index (χ3n) is 3.04. The van der Waals surface area contributed by atoms with Gasteiger partial charge in [-0.3, -0.25) is 4.79 Å². The van der Waals surface area contributed by atoms with Crippen molar-refractivity contribution in [2.75, 3.05) is 0 Å². The van der Waals surface area contributed by atoms with E-state index in [2.05, 4.69) is 9.97 Å². The molecule has 0 aliphatic heterocycles. The Kier molecular flexibility index (Phi) is 3.05. The number of nitrogens with zero attached hydrogens (tertiary/aromatic N) is 1. The van der Waals surface area contributed by atoms with Crippen molar-refractivity contribution in [3.63, 3.8) is 0 Å². The van der Waals surface area contributed by atoms with Crippen molar-refractivity contribution in [2.24, 2.45) is 0 Å². The molecule has 0 saturated carbocycles. The number of nitrogens with one attached hydrogen (secondary N) is 1. The van der Waals surface area contributed by atoms with Gasteiger partial charge in [0.2, 0.25) is 0 Å². The standard InChI is InChI=1S/C11H14N2O2S/c1-2-7-10-6(5-9(14)15)3-4-8(10)13-11(16)12-7/h6H,2-5H2,1H3,(H,14,15)(H,12,13,16). The van der Waals surface area contributed by atoms with Crippen LogP contribution in [0.15, 0.2) is 0 Å². The molecule has 1 aromatic heterocycles. The molecule has 1 aliphatic carbocycles. The van der Waals surface area contributed by atoms with Crippen LogP contribution in [0.1, 0.15) is 42.6 Å². The molecular formula is C11H14N2O2S. The first-order chi connectivity index (χ1) is 7.61. The monoisotopic (exact) mass is 238 g/mol. The molecule has 2 N–H and O–H groups in total. The van der Waals surface area contributed by atoms with Crippen LogP contribution in [0.3, 0.4) is 0 Å². The molecule has 0 fully saturated rings. The molecule has 0 bridgehead atoms. The van der Waals surface area contributed by atoms with Crippen LogP contribution in [0.25, 0.3) is 0 Å². The summed E-state index contributed by atoms with van der Waals surface area (Å²) >= 11 is 5.05. The summed E-state index contributed by atoms with van der Waals surface area (Å²) in [6.07, 6.45) is 2.75. The highest BCUT2D eigenvalue weighted by atomic mass is 32.1. The Hall–Kier alpha value is -1.23. The van der Waals surface area contributed by atoms with Gasteiger partial charge in [0, 0.05) is 11.4 Å². The largest absolute Gasteiger partial charge is 0.481 e. The van der Waals surface area contributed by atoms with E-state index in [-0.39, 0.29) is 12.3 Å². The Labute approximate surface area is 98.7 Å². The minimum absolute atomic E-state index is 0.0989. The van der Waals surface area contributed by atoms with Crippen LogP contribution in [0.4, 0.5) is 0 Å². The van der Waals surface area contributed by atoms with Crippen LogP contribution in [-0.4, -0.2) is 21.0 Å². The molecule has 86 valence electrons. The number of carbonyl (C=O) groups is 1. The molecule has 16 heavy (non-hydrogen) atoms. The summed E-state index contributed by atoms with van der Waals surface area (Å²) in [6.45, 7) is 2.02. The fourth-order valence-corrected chi connectivity index (χ4v) is 2.64. The number of carboxylic acids is 1. The summed E-state index contributed by atoms with van der Waals surface area (Å²) in [6, 6.07) is 0. The highest BCUT2D eigenvalue weighted by molar-refractivity contribution is 7.71. The average molecular weight is 238 g/mol. The highest BCUT2D eigenvalue weighted by Crippen LogP contribution is 2.36. The van der Waals surface area contributed by atoms with Crippen molar-refractivity contribution in [3.05, 3.63) is 21.7 Å². The van der Waals surface area contributed by atoms with Crippen molar-refractivity contribution in [2.45, 2.75) is 38.5 Å². The fraction of sp³-hybridized carbons (Fsp3) is 0.545. The summed E-state index contributed by atoms with van der Waals surface area (Å²) in [4.78, 5) is 18.1. The number of aryl methyl sites for hydroxylation is 2. The zero-order valence-electron chi connectivity index (χ0n) is 9.12. The maximum Gasteiger partial charge on any atom is 0.303 e. The maximum absolute atomic E-state index is 10.8. The molecule has 0 aromatic carbocycles. The zero-order valence-corrected chi connectivity index (χ0v) is 9.93. The van der Waals surface area contributed by atoms with E-state index in [1.165, 1.54) is 0 Å². The molecular weight excluding hydrogens is 224 g/mol. The number of aromatic nitrogens is 2. The van der Waals surface area contributed by atoms with Crippen LogP contribution in [0, 0.1) is 4.77 Å². The van der Waals surface area contributed by atoms with Gasteiger partial charge in [0.25, 0.3) is 0 Å². The van der Waals surface area contributed by atoms with E-state index in [1.807, 2.05) is 6.92 Å². The molecule has 4 nitrogen and oxygen atoms in total. The third-order valence-corrected chi connectivity index (χ3v) is 3.23. The van der Waals surface area contributed by atoms with Crippen molar-refractivity contribution in [3.8, 4) is 0 Å². The average Bonchev–Trinajstić information content (AvgIpc) is 2.59. The molecule has 0 spiro atoms. The van der Waals surface area contributed by atoms with Gasteiger partial charge in [-0.1, -0.05) is 6.92 Å². The van der Waals surface area contributed by atoms with Gasteiger partial charge in [0.15, 0.2) is 4.77 Å². The topological polar surface area (TPSA) is 66.0 Å². The molecule has 0 radical (unpaired) electrons. The number of hydrogen-bond acceptors (Lipinski definition) is 3. The Bertz CT molecular complexity index is 481. The van der Waals surface area contributed by atoms with Crippen LogP contribution in [0.5, 0.6) is 0 Å². The lowest BCUT2D eigenvalue weighted by atomic mass is 9.96. The van der Waals surface area contributed by atoms with Gasteiger partial charge < -0.3 is 10.1 Å². The second kappa shape index (κ2) is 4.33. The molecule has 5 heteroatoms. The first-order valence-electron chi connectivity index (χ1n) is 5.45. The van der Waals surface area contributed by atoms with Crippen molar-refractivity contribution in [1.82, 2.24) is 9.97 Å². The summed E-state index contributed by atoms with van der Waals surface area (Å²) < 4.78 is 0.506. The van der Waals surface area contributed by atoms with Crippen molar-refractivity contribution >= 4 is 18.2 Å². The molecule has 1 atom stereocenters. The minimum Gasteiger partial charge on any atom is -0.481 e. The van der Waals surface area contributed by atoms with E-state index >= 15 is 0 Å². The summed E-state index contributed by atoms with van der Waals surface area (Å²) in [5, 5.41) is 8.87. The number of H-pyrrole nitrogens is 1. The van der Waals surface area contributed by atoms with E-state index in [9.17, 15) is 4.79 Å². The van der Waals surface area contributed by atoms with E-state index in [4.69, 9.17) is 17.3 Å². The zero-order chi connectivity index (χ0) is 11.7. The van der Waals surface area contributed by atoms with Gasteiger partial charge in [-0.2, -0.15) is 0 Å². The Balaban J connectivity index is 2.44. The Morgan fingerprint density at radius 1 is 1.69 bits per heavy atom. The fourth-order valence-electron chi connectivity index (χ4n) is 2.41. The van der Waals surface area contributed by atoms with E-state index < -0.39 is 5.97 Å². The van der Waals surface area contributed by atoms with E-state index in [0.717, 1.165) is 36.2 Å². The lowest BCUT2D eigenvalue weighted by Gasteiger charge is -2.11. The van der Waals surface area contributed by atoms with Crippen LogP contribution < -0.4 is 0 Å². The number of rotatable bonds is 3. The molecule has 0 amide bonds. The van der Waals surface area contributed by atoms with Gasteiger partial charge in [0.1, 0.15) is 0 Å². The molecule has 1 heterocycles. The maximum atomic E-state index is 10.8. The molecule has 2 rings (SSSR count). The quantitative estimate of drug-likeness (QED) is 0.792. The number of fused-ring (bicyclic) bond motifs is 1. The lowest BCUT2D eigenvalue weighted by molar-refractivity contribution is -0.137. The predicted molar refractivity (Wildman–Crippen MR) is 62.1 cm³/mol. The highest BCUT2D eigenvalue weighted by Gasteiger charge is 2.28. The summed E-state index contributed by atoms with van der Waals surface area (Å²) in [7, 11) is 0. The summed E-state index contributed by atoms with van der Waals surface area (Å²) in [5.41, 5.74) is 3.14. The van der Waals surface area contributed by atoms with Crippen LogP contribution in [-0.2, 0) is 17.6 Å². The summed E-state index contributed by atoms with van der Waals surface area (Å²) in [5.74, 6) is -0.649. The normalized spacial score (nSPS) is 18.4. The molecule has 1 aliphatic rings. The Morgan fingerprint density at radius 2 is 2.44 bits per heavy atom. The smallest absolute Gasteiger partial charge is 0.303 e. The minimum atomic E-state index is -0.748. The lowest BCUT2D eigenvalue weighted by Crippen LogP contribution is -2.07. The van der Waals surface area contributed by atoms with Gasteiger partial charge in [0.05, 0.1) is 6.42 Å². The number of aliphatic carboxylic acids is 1. The third kappa shape index (κ3) is 2.00. The number of aromatic amines is 1. The van der Waals surface area contributed by atoms with Crippen molar-refractivity contribution in [1.29, 1.82) is 0 Å². The van der Waals surface area contributed by atoms with Crippen molar-refractivity contribution < 1.29 is 9.90 Å². The second-order valence-corrected chi connectivity index (χ2v) is 4.45. The number of hydrogen-bond donors (Lipinski definition) is 2. The Morgan fingerprint density at radius 3 is 3.06 bits per heavy atom. The van der Waals surface area contributed by atoms with Gasteiger partial charge in [-0.25, -0.2) is 4.98 Å².